The Hall–Kier alpha value is -2.10. The van der Waals surface area contributed by atoms with Crippen LogP contribution in [0.2, 0.25) is 0 Å². The van der Waals surface area contributed by atoms with Crippen LogP contribution in [0.4, 0.5) is 8.78 Å². The lowest BCUT2D eigenvalue weighted by atomic mass is 10.0. The number of hydrogen-bond donors (Lipinski definition) is 0. The van der Waals surface area contributed by atoms with Crippen molar-refractivity contribution in [3.05, 3.63) is 64.5 Å². The zero-order valence-electron chi connectivity index (χ0n) is 10.00. The summed E-state index contributed by atoms with van der Waals surface area (Å²) < 4.78 is 27.1. The number of halogens is 2. The molecule has 1 aromatic carbocycles. The van der Waals surface area contributed by atoms with Gasteiger partial charge in [0.15, 0.2) is 11.6 Å². The third kappa shape index (κ3) is 2.14. The number of aryl methyl sites for hydroxylation is 2. The Labute approximate surface area is 103 Å². The van der Waals surface area contributed by atoms with Gasteiger partial charge in [-0.3, -0.25) is 4.79 Å². The second-order valence-corrected chi connectivity index (χ2v) is 4.05. The van der Waals surface area contributed by atoms with Crippen LogP contribution in [0.5, 0.6) is 0 Å². The summed E-state index contributed by atoms with van der Waals surface area (Å²) in [6.07, 6.45) is 0. The SMILES string of the molecule is Cc1cccc(C(=O)c2ccc(C)c(F)c2F)n1. The summed E-state index contributed by atoms with van der Waals surface area (Å²) >= 11 is 0. The monoisotopic (exact) mass is 247 g/mol. The minimum atomic E-state index is -1.12. The van der Waals surface area contributed by atoms with Gasteiger partial charge in [0.2, 0.25) is 5.78 Å². The van der Waals surface area contributed by atoms with Crippen LogP contribution >= 0.6 is 0 Å². The number of pyridine rings is 1. The first-order valence-corrected chi connectivity index (χ1v) is 5.43. The van der Waals surface area contributed by atoms with Crippen LogP contribution < -0.4 is 0 Å². The molecule has 0 bridgehead atoms. The lowest BCUT2D eigenvalue weighted by Gasteiger charge is -2.05. The molecule has 0 saturated heterocycles. The van der Waals surface area contributed by atoms with Crippen molar-refractivity contribution in [1.82, 2.24) is 4.98 Å². The van der Waals surface area contributed by atoms with Gasteiger partial charge in [-0.15, -0.1) is 0 Å². The molecule has 92 valence electrons. The molecular weight excluding hydrogens is 236 g/mol. The standard InChI is InChI=1S/C14H11F2NO/c1-8-6-7-10(13(16)12(8)15)14(18)11-5-3-4-9(2)17-11/h3-7H,1-2H3. The van der Waals surface area contributed by atoms with Gasteiger partial charge in [0, 0.05) is 5.69 Å². The number of carbonyl (C=O) groups is 1. The van der Waals surface area contributed by atoms with Gasteiger partial charge in [0.1, 0.15) is 5.69 Å². The van der Waals surface area contributed by atoms with Crippen molar-refractivity contribution >= 4 is 5.78 Å². The molecule has 0 radical (unpaired) electrons. The van der Waals surface area contributed by atoms with Gasteiger partial charge in [-0.1, -0.05) is 12.1 Å². The third-order valence-corrected chi connectivity index (χ3v) is 2.64. The Morgan fingerprint density at radius 3 is 2.44 bits per heavy atom. The van der Waals surface area contributed by atoms with Crippen molar-refractivity contribution in [2.24, 2.45) is 0 Å². The fourth-order valence-electron chi connectivity index (χ4n) is 1.63. The van der Waals surface area contributed by atoms with E-state index in [0.717, 1.165) is 0 Å². The van der Waals surface area contributed by atoms with Crippen LogP contribution in [0.1, 0.15) is 27.3 Å². The summed E-state index contributed by atoms with van der Waals surface area (Å²) in [5, 5.41) is 0. The van der Waals surface area contributed by atoms with E-state index >= 15 is 0 Å². The van der Waals surface area contributed by atoms with E-state index in [1.807, 2.05) is 0 Å². The molecule has 4 heteroatoms. The summed E-state index contributed by atoms with van der Waals surface area (Å²) in [6.45, 7) is 3.17. The molecule has 2 rings (SSSR count). The zero-order valence-corrected chi connectivity index (χ0v) is 10.00. The quantitative estimate of drug-likeness (QED) is 0.763. The Morgan fingerprint density at radius 2 is 1.78 bits per heavy atom. The first-order valence-electron chi connectivity index (χ1n) is 5.43. The molecule has 1 heterocycles. The highest BCUT2D eigenvalue weighted by atomic mass is 19.2. The van der Waals surface area contributed by atoms with Gasteiger partial charge in [0.05, 0.1) is 5.56 Å². The molecule has 0 spiro atoms. The van der Waals surface area contributed by atoms with E-state index in [-0.39, 0.29) is 16.8 Å². The molecule has 0 aliphatic carbocycles. The van der Waals surface area contributed by atoms with Crippen molar-refractivity contribution in [3.63, 3.8) is 0 Å². The van der Waals surface area contributed by atoms with Gasteiger partial charge in [-0.2, -0.15) is 0 Å². The Morgan fingerprint density at radius 1 is 1.06 bits per heavy atom. The Bertz CT molecular complexity index is 623. The van der Waals surface area contributed by atoms with Crippen molar-refractivity contribution in [2.45, 2.75) is 13.8 Å². The summed E-state index contributed by atoms with van der Waals surface area (Å²) in [5.41, 5.74) is 0.628. The van der Waals surface area contributed by atoms with Gasteiger partial charge in [0.25, 0.3) is 0 Å². The Kier molecular flexibility index (Phi) is 3.19. The number of hydrogen-bond acceptors (Lipinski definition) is 2. The zero-order chi connectivity index (χ0) is 13.3. The van der Waals surface area contributed by atoms with E-state index in [1.165, 1.54) is 25.1 Å². The highest BCUT2D eigenvalue weighted by Gasteiger charge is 2.19. The maximum absolute atomic E-state index is 13.7. The van der Waals surface area contributed by atoms with Crippen LogP contribution in [-0.2, 0) is 0 Å². The average molecular weight is 247 g/mol. The molecule has 0 aliphatic rings. The minimum absolute atomic E-state index is 0.108. The fraction of sp³-hybridized carbons (Fsp3) is 0.143. The second-order valence-electron chi connectivity index (χ2n) is 4.05. The molecule has 0 aliphatic heterocycles. The molecule has 0 unspecified atom stereocenters. The maximum atomic E-state index is 13.7. The minimum Gasteiger partial charge on any atom is -0.287 e. The lowest BCUT2D eigenvalue weighted by molar-refractivity contribution is 0.102. The van der Waals surface area contributed by atoms with Crippen LogP contribution in [0.3, 0.4) is 0 Å². The van der Waals surface area contributed by atoms with Gasteiger partial charge in [-0.05, 0) is 37.6 Å². The van der Waals surface area contributed by atoms with Gasteiger partial charge in [-0.25, -0.2) is 13.8 Å². The van der Waals surface area contributed by atoms with E-state index in [9.17, 15) is 13.6 Å². The molecule has 18 heavy (non-hydrogen) atoms. The van der Waals surface area contributed by atoms with Crippen molar-refractivity contribution in [2.75, 3.05) is 0 Å². The normalized spacial score (nSPS) is 10.4. The van der Waals surface area contributed by atoms with Gasteiger partial charge >= 0.3 is 0 Å². The lowest BCUT2D eigenvalue weighted by Crippen LogP contribution is -2.09. The molecule has 2 aromatic rings. The van der Waals surface area contributed by atoms with E-state index in [1.54, 1.807) is 19.1 Å². The molecule has 1 aromatic heterocycles. The molecule has 0 amide bonds. The maximum Gasteiger partial charge on any atom is 0.214 e. The fourth-order valence-corrected chi connectivity index (χ4v) is 1.63. The number of rotatable bonds is 2. The van der Waals surface area contributed by atoms with Crippen molar-refractivity contribution in [1.29, 1.82) is 0 Å². The average Bonchev–Trinajstić information content (AvgIpc) is 2.35. The smallest absolute Gasteiger partial charge is 0.214 e. The van der Waals surface area contributed by atoms with Crippen LogP contribution in [0.25, 0.3) is 0 Å². The summed E-state index contributed by atoms with van der Waals surface area (Å²) in [6, 6.07) is 7.51. The van der Waals surface area contributed by atoms with Crippen molar-refractivity contribution in [3.8, 4) is 0 Å². The number of carbonyl (C=O) groups excluding carboxylic acids is 1. The summed E-state index contributed by atoms with van der Waals surface area (Å²) in [7, 11) is 0. The third-order valence-electron chi connectivity index (χ3n) is 2.64. The molecule has 2 nitrogen and oxygen atoms in total. The predicted molar refractivity (Wildman–Crippen MR) is 63.5 cm³/mol. The molecular formula is C14H11F2NO. The number of ketones is 1. The van der Waals surface area contributed by atoms with Crippen LogP contribution in [-0.4, -0.2) is 10.8 Å². The molecule has 0 atom stereocenters. The van der Waals surface area contributed by atoms with Crippen LogP contribution in [0, 0.1) is 25.5 Å². The van der Waals surface area contributed by atoms with Gasteiger partial charge < -0.3 is 0 Å². The van der Waals surface area contributed by atoms with Crippen LogP contribution in [0.15, 0.2) is 30.3 Å². The highest BCUT2D eigenvalue weighted by molar-refractivity contribution is 6.07. The second kappa shape index (κ2) is 4.64. The van der Waals surface area contributed by atoms with E-state index in [2.05, 4.69) is 4.98 Å². The van der Waals surface area contributed by atoms with E-state index in [4.69, 9.17) is 0 Å². The number of aromatic nitrogens is 1. The topological polar surface area (TPSA) is 30.0 Å². The first-order chi connectivity index (χ1) is 8.50. The van der Waals surface area contributed by atoms with E-state index < -0.39 is 17.4 Å². The Balaban J connectivity index is 2.50. The first kappa shape index (κ1) is 12.4. The molecule has 0 N–H and O–H groups in total. The number of benzene rings is 1. The van der Waals surface area contributed by atoms with Crippen molar-refractivity contribution < 1.29 is 13.6 Å². The molecule has 0 saturated carbocycles. The largest absolute Gasteiger partial charge is 0.287 e. The predicted octanol–water partition coefficient (Wildman–Crippen LogP) is 3.21. The summed E-state index contributed by atoms with van der Waals surface area (Å²) in [5.74, 6) is -2.73. The molecule has 0 fully saturated rings. The highest BCUT2D eigenvalue weighted by Crippen LogP contribution is 2.18. The number of nitrogens with zero attached hydrogens (tertiary/aromatic N) is 1. The summed E-state index contributed by atoms with van der Waals surface area (Å²) in [4.78, 5) is 16.0. The van der Waals surface area contributed by atoms with E-state index in [0.29, 0.717) is 5.69 Å².